The van der Waals surface area contributed by atoms with Crippen molar-refractivity contribution in [2.24, 2.45) is 0 Å². The molecule has 0 fully saturated rings. The Morgan fingerprint density at radius 1 is 1.00 bits per heavy atom. The minimum atomic E-state index is -1.03. The molecule has 3 aromatic carbocycles. The van der Waals surface area contributed by atoms with E-state index in [9.17, 15) is 10.2 Å². The Morgan fingerprint density at radius 3 is 2.19 bits per heavy atom. The van der Waals surface area contributed by atoms with Gasteiger partial charge in [-0.2, -0.15) is 0 Å². The number of hydrogen-bond acceptors (Lipinski definition) is 2. The average molecular weight is 345 g/mol. The van der Waals surface area contributed by atoms with Crippen molar-refractivity contribution in [3.63, 3.8) is 0 Å². The number of fused-ring (bicyclic) bond motifs is 2. The molecule has 21 heavy (non-hydrogen) atoms. The molecule has 0 unspecified atom stereocenters. The molecule has 0 bridgehead atoms. The summed E-state index contributed by atoms with van der Waals surface area (Å²) in [6, 6.07) is 14.4. The van der Waals surface area contributed by atoms with E-state index in [2.05, 4.69) is 40.2 Å². The van der Waals surface area contributed by atoms with Gasteiger partial charge < -0.3 is 10.2 Å². The van der Waals surface area contributed by atoms with Crippen LogP contribution < -0.4 is 0 Å². The molecule has 0 aliphatic carbocycles. The van der Waals surface area contributed by atoms with Gasteiger partial charge in [-0.3, -0.25) is 0 Å². The third kappa shape index (κ3) is 2.46. The fourth-order valence-electron chi connectivity index (χ4n) is 2.95. The number of aliphatic hydroxyl groups is 2. The Bertz CT molecular complexity index is 832. The third-order valence-corrected chi connectivity index (χ3v) is 4.54. The summed E-state index contributed by atoms with van der Waals surface area (Å²) in [6.45, 7) is 3.40. The van der Waals surface area contributed by atoms with Crippen LogP contribution in [0.1, 0.15) is 25.0 Å². The molecule has 3 rings (SSSR count). The quantitative estimate of drug-likeness (QED) is 0.673. The molecule has 3 heteroatoms. The molecule has 0 amide bonds. The van der Waals surface area contributed by atoms with Gasteiger partial charge in [0, 0.05) is 4.47 Å². The maximum absolute atomic E-state index is 10.6. The lowest BCUT2D eigenvalue weighted by molar-refractivity contribution is 0.0775. The van der Waals surface area contributed by atoms with Gasteiger partial charge in [-0.15, -0.1) is 0 Å². The first-order valence-corrected chi connectivity index (χ1v) is 7.68. The molecule has 0 atom stereocenters. The van der Waals surface area contributed by atoms with E-state index < -0.39 is 5.60 Å². The van der Waals surface area contributed by atoms with Crippen LogP contribution in [0.4, 0.5) is 0 Å². The Morgan fingerprint density at radius 2 is 1.62 bits per heavy atom. The number of halogens is 1. The van der Waals surface area contributed by atoms with E-state index in [1.54, 1.807) is 13.8 Å². The summed E-state index contributed by atoms with van der Waals surface area (Å²) in [4.78, 5) is 0. The molecule has 2 N–H and O–H groups in total. The number of benzene rings is 3. The van der Waals surface area contributed by atoms with Crippen molar-refractivity contribution in [1.82, 2.24) is 0 Å². The van der Waals surface area contributed by atoms with Gasteiger partial charge in [0.05, 0.1) is 12.2 Å². The van der Waals surface area contributed by atoms with Gasteiger partial charge in [-0.25, -0.2) is 0 Å². The van der Waals surface area contributed by atoms with E-state index in [1.165, 1.54) is 0 Å². The summed E-state index contributed by atoms with van der Waals surface area (Å²) in [6.07, 6.45) is 0. The zero-order valence-corrected chi connectivity index (χ0v) is 13.6. The monoisotopic (exact) mass is 344 g/mol. The first-order chi connectivity index (χ1) is 9.91. The van der Waals surface area contributed by atoms with E-state index in [0.717, 1.165) is 37.1 Å². The van der Waals surface area contributed by atoms with Gasteiger partial charge in [-0.1, -0.05) is 40.2 Å². The normalized spacial score (nSPS) is 12.2. The van der Waals surface area contributed by atoms with Crippen LogP contribution in [0.5, 0.6) is 0 Å². The van der Waals surface area contributed by atoms with Gasteiger partial charge in [-0.05, 0) is 64.7 Å². The second kappa shape index (κ2) is 5.09. The van der Waals surface area contributed by atoms with Crippen LogP contribution in [0, 0.1) is 0 Å². The number of aliphatic hydroxyl groups excluding tert-OH is 1. The SMILES string of the molecule is CC(C)(O)c1c(CO)c(Br)cc2cc3ccccc3cc12. The molecule has 0 radical (unpaired) electrons. The van der Waals surface area contributed by atoms with Crippen molar-refractivity contribution in [3.05, 3.63) is 58.1 Å². The van der Waals surface area contributed by atoms with Crippen LogP contribution in [0.2, 0.25) is 0 Å². The molecule has 0 aliphatic rings. The van der Waals surface area contributed by atoms with Gasteiger partial charge in [0.1, 0.15) is 0 Å². The topological polar surface area (TPSA) is 40.5 Å². The van der Waals surface area contributed by atoms with Gasteiger partial charge in [0.2, 0.25) is 0 Å². The Hall–Kier alpha value is -1.42. The van der Waals surface area contributed by atoms with Crippen molar-refractivity contribution in [3.8, 4) is 0 Å². The maximum atomic E-state index is 10.6. The Balaban J connectivity index is 2.51. The highest BCUT2D eigenvalue weighted by atomic mass is 79.9. The maximum Gasteiger partial charge on any atom is 0.0850 e. The standard InChI is InChI=1S/C18H17BrO2/c1-18(2,21)17-14-8-12-6-4-3-5-11(12)7-13(14)9-16(19)15(17)10-20/h3-9,20-21H,10H2,1-2H3. The van der Waals surface area contributed by atoms with Gasteiger partial charge >= 0.3 is 0 Å². The van der Waals surface area contributed by atoms with E-state index in [0.29, 0.717) is 0 Å². The minimum absolute atomic E-state index is 0.108. The zero-order valence-electron chi connectivity index (χ0n) is 12.0. The highest BCUT2D eigenvalue weighted by Crippen LogP contribution is 2.38. The van der Waals surface area contributed by atoms with E-state index in [1.807, 2.05) is 18.2 Å². The van der Waals surface area contributed by atoms with Crippen molar-refractivity contribution in [2.45, 2.75) is 26.1 Å². The van der Waals surface area contributed by atoms with Gasteiger partial charge in [0.15, 0.2) is 0 Å². The molecular formula is C18H17BrO2. The number of hydrogen-bond donors (Lipinski definition) is 2. The molecule has 0 aromatic heterocycles. The molecule has 3 aromatic rings. The van der Waals surface area contributed by atoms with Crippen molar-refractivity contribution < 1.29 is 10.2 Å². The molecular weight excluding hydrogens is 328 g/mol. The van der Waals surface area contributed by atoms with Crippen LogP contribution in [-0.2, 0) is 12.2 Å². The van der Waals surface area contributed by atoms with Crippen LogP contribution in [0.15, 0.2) is 46.9 Å². The molecule has 108 valence electrons. The van der Waals surface area contributed by atoms with Crippen LogP contribution >= 0.6 is 15.9 Å². The molecule has 0 saturated carbocycles. The summed E-state index contributed by atoms with van der Waals surface area (Å²) < 4.78 is 0.824. The summed E-state index contributed by atoms with van der Waals surface area (Å²) in [7, 11) is 0. The Labute approximate surface area is 132 Å². The predicted octanol–water partition coefficient (Wildman–Crippen LogP) is 4.48. The molecule has 0 spiro atoms. The number of rotatable bonds is 2. The Kier molecular flexibility index (Phi) is 3.52. The van der Waals surface area contributed by atoms with Crippen molar-refractivity contribution >= 4 is 37.5 Å². The van der Waals surface area contributed by atoms with Crippen LogP contribution in [0.25, 0.3) is 21.5 Å². The zero-order chi connectivity index (χ0) is 15.2. The van der Waals surface area contributed by atoms with E-state index in [4.69, 9.17) is 0 Å². The van der Waals surface area contributed by atoms with Crippen molar-refractivity contribution in [2.75, 3.05) is 0 Å². The third-order valence-electron chi connectivity index (χ3n) is 3.83. The highest BCUT2D eigenvalue weighted by Gasteiger charge is 2.24. The lowest BCUT2D eigenvalue weighted by atomic mass is 9.87. The summed E-state index contributed by atoms with van der Waals surface area (Å²) in [5, 5.41) is 24.6. The fraction of sp³-hybridized carbons (Fsp3) is 0.222. The van der Waals surface area contributed by atoms with E-state index >= 15 is 0 Å². The van der Waals surface area contributed by atoms with Crippen LogP contribution in [-0.4, -0.2) is 10.2 Å². The van der Waals surface area contributed by atoms with E-state index in [-0.39, 0.29) is 6.61 Å². The average Bonchev–Trinajstić information content (AvgIpc) is 2.42. The first kappa shape index (κ1) is 14.5. The lowest BCUT2D eigenvalue weighted by Gasteiger charge is -2.25. The molecule has 0 aliphatic heterocycles. The summed E-state index contributed by atoms with van der Waals surface area (Å²) in [5.74, 6) is 0. The first-order valence-electron chi connectivity index (χ1n) is 6.89. The van der Waals surface area contributed by atoms with Crippen molar-refractivity contribution in [1.29, 1.82) is 0 Å². The minimum Gasteiger partial charge on any atom is -0.392 e. The van der Waals surface area contributed by atoms with Crippen LogP contribution in [0.3, 0.4) is 0 Å². The molecule has 0 saturated heterocycles. The second-order valence-electron chi connectivity index (χ2n) is 5.85. The second-order valence-corrected chi connectivity index (χ2v) is 6.70. The summed E-state index contributed by atoms with van der Waals surface area (Å²) in [5.41, 5.74) is 0.494. The smallest absolute Gasteiger partial charge is 0.0850 e. The summed E-state index contributed by atoms with van der Waals surface area (Å²) >= 11 is 3.51. The highest BCUT2D eigenvalue weighted by molar-refractivity contribution is 9.10. The molecule has 2 nitrogen and oxygen atoms in total. The lowest BCUT2D eigenvalue weighted by Crippen LogP contribution is -2.19. The largest absolute Gasteiger partial charge is 0.392 e. The van der Waals surface area contributed by atoms with Gasteiger partial charge in [0.25, 0.3) is 0 Å². The molecule has 0 heterocycles. The predicted molar refractivity (Wildman–Crippen MR) is 90.3 cm³/mol. The fourth-order valence-corrected chi connectivity index (χ4v) is 3.52.